The van der Waals surface area contributed by atoms with Crippen LogP contribution in [0, 0.1) is 11.8 Å². The second-order valence-corrected chi connectivity index (χ2v) is 8.08. The van der Waals surface area contributed by atoms with Gasteiger partial charge in [-0.3, -0.25) is 0 Å². The third-order valence-corrected chi connectivity index (χ3v) is 5.90. The minimum Gasteiger partial charge on any atom is -0.317 e. The second-order valence-electron chi connectivity index (χ2n) is 5.53. The van der Waals surface area contributed by atoms with Crippen LogP contribution in [0.2, 0.25) is 0 Å². The predicted octanol–water partition coefficient (Wildman–Crippen LogP) is 4.86. The Morgan fingerprint density at radius 3 is 2.83 bits per heavy atom. The monoisotopic (exact) mass is 329 g/mol. The molecule has 0 aromatic carbocycles. The number of hydrogen-bond acceptors (Lipinski definition) is 2. The summed E-state index contributed by atoms with van der Waals surface area (Å²) in [6, 6.07) is 5.19. The maximum absolute atomic E-state index is 3.57. The summed E-state index contributed by atoms with van der Waals surface area (Å²) in [4.78, 5) is 1.53. The molecule has 0 saturated heterocycles. The molecule has 1 aliphatic rings. The Hall–Kier alpha value is 0.140. The minimum atomic E-state index is 0.721. The Balaban J connectivity index is 1.97. The minimum absolute atomic E-state index is 0.721. The van der Waals surface area contributed by atoms with E-state index >= 15 is 0 Å². The van der Waals surface area contributed by atoms with Gasteiger partial charge in [0, 0.05) is 10.9 Å². The van der Waals surface area contributed by atoms with Crippen LogP contribution in [0.4, 0.5) is 0 Å². The molecule has 2 rings (SSSR count). The Labute approximate surface area is 123 Å². The quantitative estimate of drug-likeness (QED) is 0.813. The summed E-state index contributed by atoms with van der Waals surface area (Å²) in [6.07, 6.45) is 8.20. The molecule has 0 radical (unpaired) electrons. The van der Waals surface area contributed by atoms with E-state index in [1.54, 1.807) is 0 Å². The summed E-state index contributed by atoms with van der Waals surface area (Å²) in [5.41, 5.74) is 0. The first-order chi connectivity index (χ1) is 8.72. The van der Waals surface area contributed by atoms with E-state index in [0.29, 0.717) is 0 Å². The van der Waals surface area contributed by atoms with Crippen molar-refractivity contribution in [1.82, 2.24) is 5.32 Å². The van der Waals surface area contributed by atoms with Gasteiger partial charge in [-0.25, -0.2) is 0 Å². The maximum Gasteiger partial charge on any atom is 0.0701 e. The van der Waals surface area contributed by atoms with E-state index in [1.165, 1.54) is 47.2 Å². The third kappa shape index (κ3) is 3.82. The van der Waals surface area contributed by atoms with Gasteiger partial charge < -0.3 is 5.32 Å². The molecule has 0 aliphatic heterocycles. The van der Waals surface area contributed by atoms with Gasteiger partial charge in [0.25, 0.3) is 0 Å². The van der Waals surface area contributed by atoms with Gasteiger partial charge >= 0.3 is 0 Å². The highest BCUT2D eigenvalue weighted by atomic mass is 79.9. The van der Waals surface area contributed by atoms with Crippen LogP contribution in [0.3, 0.4) is 0 Å². The average molecular weight is 330 g/mol. The normalized spacial score (nSPS) is 28.5. The smallest absolute Gasteiger partial charge is 0.0701 e. The second kappa shape index (κ2) is 7.06. The van der Waals surface area contributed by atoms with Gasteiger partial charge in [-0.15, -0.1) is 11.3 Å². The van der Waals surface area contributed by atoms with E-state index in [1.807, 2.05) is 11.3 Å². The molecule has 1 heterocycles. The molecule has 1 fully saturated rings. The highest BCUT2D eigenvalue weighted by Gasteiger charge is 2.29. The fourth-order valence-electron chi connectivity index (χ4n) is 3.36. The molecule has 1 aliphatic carbocycles. The number of hydrogen-bond donors (Lipinski definition) is 1. The Morgan fingerprint density at radius 2 is 2.22 bits per heavy atom. The first-order valence-corrected chi connectivity index (χ1v) is 8.75. The molecule has 3 atom stereocenters. The fourth-order valence-corrected chi connectivity index (χ4v) is 4.93. The van der Waals surface area contributed by atoms with Crippen LogP contribution in [0.5, 0.6) is 0 Å². The SMILES string of the molecule is CCCC1CCC(NC)C(Cc2ccc(Br)s2)C1. The zero-order chi connectivity index (χ0) is 13.0. The first kappa shape index (κ1) is 14.5. The lowest BCUT2D eigenvalue weighted by Gasteiger charge is -2.36. The molecule has 1 saturated carbocycles. The Bertz CT molecular complexity index is 363. The van der Waals surface area contributed by atoms with Crippen LogP contribution in [-0.4, -0.2) is 13.1 Å². The topological polar surface area (TPSA) is 12.0 Å². The Morgan fingerprint density at radius 1 is 1.39 bits per heavy atom. The summed E-state index contributed by atoms with van der Waals surface area (Å²) in [5, 5.41) is 3.54. The van der Waals surface area contributed by atoms with Gasteiger partial charge in [0.1, 0.15) is 0 Å². The van der Waals surface area contributed by atoms with Gasteiger partial charge in [0.2, 0.25) is 0 Å². The van der Waals surface area contributed by atoms with Crippen molar-refractivity contribution in [2.75, 3.05) is 7.05 Å². The lowest BCUT2D eigenvalue weighted by atomic mass is 9.75. The van der Waals surface area contributed by atoms with Gasteiger partial charge in [0.05, 0.1) is 3.79 Å². The molecule has 1 aromatic rings. The van der Waals surface area contributed by atoms with Gasteiger partial charge in [-0.2, -0.15) is 0 Å². The van der Waals surface area contributed by atoms with Crippen molar-refractivity contribution in [2.24, 2.45) is 11.8 Å². The fraction of sp³-hybridized carbons (Fsp3) is 0.733. The number of thiophene rings is 1. The van der Waals surface area contributed by atoms with Crippen LogP contribution in [0.15, 0.2) is 15.9 Å². The largest absolute Gasteiger partial charge is 0.317 e. The van der Waals surface area contributed by atoms with E-state index in [9.17, 15) is 0 Å². The zero-order valence-electron chi connectivity index (χ0n) is 11.4. The number of halogens is 1. The van der Waals surface area contributed by atoms with E-state index in [0.717, 1.165) is 17.9 Å². The highest BCUT2D eigenvalue weighted by Crippen LogP contribution is 2.35. The van der Waals surface area contributed by atoms with Gasteiger partial charge in [-0.05, 0) is 72.6 Å². The van der Waals surface area contributed by atoms with Crippen LogP contribution in [0.1, 0.15) is 43.9 Å². The van der Waals surface area contributed by atoms with Crippen molar-refractivity contribution in [1.29, 1.82) is 0 Å². The molecule has 1 nitrogen and oxygen atoms in total. The summed E-state index contributed by atoms with van der Waals surface area (Å²) in [5.74, 6) is 1.79. The lowest BCUT2D eigenvalue weighted by molar-refractivity contribution is 0.201. The summed E-state index contributed by atoms with van der Waals surface area (Å²) < 4.78 is 1.26. The first-order valence-electron chi connectivity index (χ1n) is 7.14. The van der Waals surface area contributed by atoms with Crippen LogP contribution in [0.25, 0.3) is 0 Å². The van der Waals surface area contributed by atoms with E-state index in [-0.39, 0.29) is 0 Å². The van der Waals surface area contributed by atoms with Crippen molar-refractivity contribution in [3.63, 3.8) is 0 Å². The molecule has 18 heavy (non-hydrogen) atoms. The van der Waals surface area contributed by atoms with Crippen molar-refractivity contribution in [3.05, 3.63) is 20.8 Å². The van der Waals surface area contributed by atoms with Gasteiger partial charge in [-0.1, -0.05) is 19.8 Å². The molecule has 1 N–H and O–H groups in total. The number of nitrogens with one attached hydrogen (secondary N) is 1. The molecule has 0 bridgehead atoms. The van der Waals surface area contributed by atoms with Crippen molar-refractivity contribution in [3.8, 4) is 0 Å². The predicted molar refractivity (Wildman–Crippen MR) is 84.3 cm³/mol. The van der Waals surface area contributed by atoms with Crippen molar-refractivity contribution in [2.45, 2.75) is 51.5 Å². The van der Waals surface area contributed by atoms with E-state index < -0.39 is 0 Å². The van der Waals surface area contributed by atoms with Crippen LogP contribution >= 0.6 is 27.3 Å². The van der Waals surface area contributed by atoms with Crippen LogP contribution < -0.4 is 5.32 Å². The van der Waals surface area contributed by atoms with Gasteiger partial charge in [0.15, 0.2) is 0 Å². The summed E-state index contributed by atoms with van der Waals surface area (Å²) in [6.45, 7) is 2.32. The molecule has 3 heteroatoms. The molecular weight excluding hydrogens is 306 g/mol. The molecule has 0 spiro atoms. The lowest BCUT2D eigenvalue weighted by Crippen LogP contribution is -2.39. The summed E-state index contributed by atoms with van der Waals surface area (Å²) >= 11 is 5.47. The third-order valence-electron chi connectivity index (χ3n) is 4.25. The maximum atomic E-state index is 3.57. The molecule has 1 aromatic heterocycles. The average Bonchev–Trinajstić information content (AvgIpc) is 2.76. The van der Waals surface area contributed by atoms with Crippen molar-refractivity contribution < 1.29 is 0 Å². The van der Waals surface area contributed by atoms with Crippen molar-refractivity contribution >= 4 is 27.3 Å². The molecule has 0 amide bonds. The highest BCUT2D eigenvalue weighted by molar-refractivity contribution is 9.11. The molecule has 102 valence electrons. The molecule has 3 unspecified atom stereocenters. The number of rotatable bonds is 5. The Kier molecular flexibility index (Phi) is 5.71. The summed E-state index contributed by atoms with van der Waals surface area (Å²) in [7, 11) is 2.13. The zero-order valence-corrected chi connectivity index (χ0v) is 13.8. The van der Waals surface area contributed by atoms with Crippen LogP contribution in [-0.2, 0) is 6.42 Å². The van der Waals surface area contributed by atoms with E-state index in [4.69, 9.17) is 0 Å². The standard InChI is InChI=1S/C15H24BrNS/c1-3-4-11-5-7-14(17-2)12(9-11)10-13-6-8-15(16)18-13/h6,8,11-12,14,17H,3-5,7,9-10H2,1-2H3. The van der Waals surface area contributed by atoms with E-state index in [2.05, 4.69) is 47.4 Å². The molecular formula is C15H24BrNS.